The lowest BCUT2D eigenvalue weighted by atomic mass is 9.97. The smallest absolute Gasteiger partial charge is 0.173 e. The predicted octanol–water partition coefficient (Wildman–Crippen LogP) is 2.32. The summed E-state index contributed by atoms with van der Waals surface area (Å²) in [5, 5.41) is 13.9. The number of benzene rings is 2. The molecule has 3 aliphatic rings. The fraction of sp³-hybridized carbons (Fsp3) is 0.455. The molecule has 2 aromatic rings. The van der Waals surface area contributed by atoms with Crippen molar-refractivity contribution in [2.45, 2.75) is 55.8 Å². The van der Waals surface area contributed by atoms with Gasteiger partial charge < -0.3 is 15.2 Å². The maximum absolute atomic E-state index is 10.4. The third kappa shape index (κ3) is 2.97. The van der Waals surface area contributed by atoms with E-state index in [0.29, 0.717) is 6.04 Å². The minimum atomic E-state index is -0.642. The summed E-state index contributed by atoms with van der Waals surface area (Å²) in [4.78, 5) is 2.40. The van der Waals surface area contributed by atoms with Crippen LogP contribution in [0.3, 0.4) is 0 Å². The molecule has 0 aromatic heterocycles. The number of rotatable bonds is 7. The first-order chi connectivity index (χ1) is 12.8. The highest BCUT2D eigenvalue weighted by molar-refractivity contribution is 5.23. The first kappa shape index (κ1) is 16.5. The van der Waals surface area contributed by atoms with Gasteiger partial charge in [0, 0.05) is 12.6 Å². The van der Waals surface area contributed by atoms with Crippen LogP contribution in [0.4, 0.5) is 0 Å². The van der Waals surface area contributed by atoms with Crippen molar-refractivity contribution in [3.05, 3.63) is 71.8 Å². The first-order valence-electron chi connectivity index (χ1n) is 9.71. The zero-order valence-electron chi connectivity index (χ0n) is 14.9. The van der Waals surface area contributed by atoms with Gasteiger partial charge in [0.2, 0.25) is 0 Å². The molecule has 0 aliphatic carbocycles. The molecule has 2 aromatic carbocycles. The molecule has 1 unspecified atom stereocenters. The number of aliphatic hydroxyl groups is 1. The van der Waals surface area contributed by atoms with Crippen molar-refractivity contribution in [1.29, 1.82) is 0 Å². The van der Waals surface area contributed by atoms with Crippen LogP contribution in [0.15, 0.2) is 60.7 Å². The van der Waals surface area contributed by atoms with Crippen molar-refractivity contribution in [2.24, 2.45) is 0 Å². The van der Waals surface area contributed by atoms with E-state index in [1.54, 1.807) is 0 Å². The van der Waals surface area contributed by atoms with Crippen LogP contribution >= 0.6 is 0 Å². The molecule has 3 heterocycles. The Hall–Kier alpha value is -1.72. The molecule has 4 heteroatoms. The van der Waals surface area contributed by atoms with E-state index in [0.717, 1.165) is 32.2 Å². The third-order valence-corrected chi connectivity index (χ3v) is 6.24. The summed E-state index contributed by atoms with van der Waals surface area (Å²) in [5.74, 6) is 0. The second-order valence-electron chi connectivity index (χ2n) is 7.90. The molecular weight excluding hydrogens is 324 g/mol. The fourth-order valence-electron chi connectivity index (χ4n) is 4.57. The lowest BCUT2D eigenvalue weighted by Crippen LogP contribution is -2.41. The predicted molar refractivity (Wildman–Crippen MR) is 101 cm³/mol. The van der Waals surface area contributed by atoms with Crippen molar-refractivity contribution in [3.63, 3.8) is 0 Å². The molecule has 0 spiro atoms. The highest BCUT2D eigenvalue weighted by Gasteiger charge is 2.68. The quantitative estimate of drug-likeness (QED) is 0.753. The topological polar surface area (TPSA) is 54.4 Å². The van der Waals surface area contributed by atoms with Gasteiger partial charge in [-0.1, -0.05) is 60.7 Å². The molecule has 4 nitrogen and oxygen atoms in total. The van der Waals surface area contributed by atoms with Crippen LogP contribution in [0.25, 0.3) is 0 Å². The average Bonchev–Trinajstić information content (AvgIpc) is 3.59. The van der Waals surface area contributed by atoms with E-state index < -0.39 is 6.29 Å². The summed E-state index contributed by atoms with van der Waals surface area (Å²) in [6, 6.07) is 21.9. The Morgan fingerprint density at radius 1 is 1.00 bits per heavy atom. The molecule has 136 valence electrons. The second-order valence-corrected chi connectivity index (χ2v) is 7.90. The number of nitrogens with zero attached hydrogens (tertiary/aromatic N) is 1. The summed E-state index contributed by atoms with van der Waals surface area (Å²) in [7, 11) is 0. The van der Waals surface area contributed by atoms with Crippen molar-refractivity contribution in [2.75, 3.05) is 6.54 Å². The maximum atomic E-state index is 10.4. The van der Waals surface area contributed by atoms with E-state index in [1.165, 1.54) is 11.1 Å². The van der Waals surface area contributed by atoms with Gasteiger partial charge in [0.25, 0.3) is 0 Å². The summed E-state index contributed by atoms with van der Waals surface area (Å²) < 4.78 is 5.94. The van der Waals surface area contributed by atoms with Gasteiger partial charge in [0.15, 0.2) is 6.29 Å². The molecule has 0 radical (unpaired) electrons. The Morgan fingerprint density at radius 3 is 2.23 bits per heavy atom. The van der Waals surface area contributed by atoms with Gasteiger partial charge in [-0.25, -0.2) is 0 Å². The summed E-state index contributed by atoms with van der Waals surface area (Å²) in [6.07, 6.45) is 3.59. The highest BCUT2D eigenvalue weighted by atomic mass is 16.6. The van der Waals surface area contributed by atoms with Gasteiger partial charge in [-0.15, -0.1) is 0 Å². The summed E-state index contributed by atoms with van der Waals surface area (Å²) >= 11 is 0. The van der Waals surface area contributed by atoms with Crippen LogP contribution in [0, 0.1) is 0 Å². The van der Waals surface area contributed by atoms with Crippen molar-refractivity contribution < 1.29 is 9.84 Å². The van der Waals surface area contributed by atoms with Crippen LogP contribution in [0.1, 0.15) is 24.0 Å². The first-order valence-corrected chi connectivity index (χ1v) is 9.71. The molecule has 6 atom stereocenters. The van der Waals surface area contributed by atoms with E-state index in [-0.39, 0.29) is 17.8 Å². The monoisotopic (exact) mass is 350 g/mol. The lowest BCUT2D eigenvalue weighted by molar-refractivity contribution is -0.129. The molecule has 3 fully saturated rings. The van der Waals surface area contributed by atoms with Crippen LogP contribution in [0.5, 0.6) is 0 Å². The zero-order chi connectivity index (χ0) is 17.6. The van der Waals surface area contributed by atoms with Gasteiger partial charge in [-0.05, 0) is 36.8 Å². The van der Waals surface area contributed by atoms with Crippen molar-refractivity contribution >= 4 is 0 Å². The Bertz CT molecular complexity index is 747. The lowest BCUT2D eigenvalue weighted by Gasteiger charge is -2.26. The van der Waals surface area contributed by atoms with E-state index in [1.807, 2.05) is 0 Å². The Morgan fingerprint density at radius 2 is 1.62 bits per heavy atom. The molecule has 0 bridgehead atoms. The Kier molecular flexibility index (Phi) is 4.09. The highest BCUT2D eigenvalue weighted by Crippen LogP contribution is 2.49. The number of hydrogen-bond acceptors (Lipinski definition) is 4. The zero-order valence-corrected chi connectivity index (χ0v) is 14.9. The second kappa shape index (κ2) is 6.46. The molecule has 26 heavy (non-hydrogen) atoms. The molecule has 2 N–H and O–H groups in total. The van der Waals surface area contributed by atoms with Gasteiger partial charge in [-0.2, -0.15) is 0 Å². The molecular formula is C22H26N2O2. The van der Waals surface area contributed by atoms with Crippen LogP contribution in [-0.2, 0) is 17.6 Å². The third-order valence-electron chi connectivity index (χ3n) is 6.24. The minimum Gasteiger partial charge on any atom is -0.366 e. The van der Waals surface area contributed by atoms with E-state index >= 15 is 0 Å². The van der Waals surface area contributed by atoms with Crippen LogP contribution in [0.2, 0.25) is 0 Å². The number of aliphatic hydroxyl groups excluding tert-OH is 1. The normalized spacial score (nSPS) is 37.3. The molecule has 3 aliphatic heterocycles. The largest absolute Gasteiger partial charge is 0.366 e. The molecule has 3 saturated heterocycles. The van der Waals surface area contributed by atoms with E-state index in [9.17, 15) is 5.11 Å². The fourth-order valence-corrected chi connectivity index (χ4v) is 4.57. The van der Waals surface area contributed by atoms with Gasteiger partial charge in [0.1, 0.15) is 6.23 Å². The van der Waals surface area contributed by atoms with Crippen molar-refractivity contribution in [3.8, 4) is 0 Å². The van der Waals surface area contributed by atoms with E-state index in [2.05, 4.69) is 70.9 Å². The van der Waals surface area contributed by atoms with Gasteiger partial charge in [0.05, 0.1) is 11.6 Å². The molecule has 5 rings (SSSR count). The number of ether oxygens (including phenoxy) is 1. The standard InChI is InChI=1S/C22H26N2O2/c25-20-19-18(12-11-16-7-3-1-4-8-16)24(19)21(26-20)22(15-23-22)14-13-17-9-5-2-6-10-17/h1-10,18-21,23,25H,11-15H2/t18-,19-,20-,21-,22+,24?/m1/s1. The minimum absolute atomic E-state index is 0.00647. The van der Waals surface area contributed by atoms with Crippen LogP contribution in [-0.4, -0.2) is 46.7 Å². The molecule has 0 saturated carbocycles. The Labute approximate surface area is 154 Å². The van der Waals surface area contributed by atoms with Crippen molar-refractivity contribution in [1.82, 2.24) is 10.2 Å². The van der Waals surface area contributed by atoms with Gasteiger partial charge in [-0.3, -0.25) is 4.90 Å². The number of fused-ring (bicyclic) bond motifs is 1. The average molecular weight is 350 g/mol. The molecule has 0 amide bonds. The number of hydrogen-bond donors (Lipinski definition) is 2. The van der Waals surface area contributed by atoms with E-state index in [4.69, 9.17) is 4.74 Å². The summed E-state index contributed by atoms with van der Waals surface area (Å²) in [6.45, 7) is 0.978. The SMILES string of the molecule is O[C@@H]1O[C@H]([C@]2(CCc3ccccc3)CN2)N2[C@@H]1[C@H]2CCc1ccccc1. The number of aryl methyl sites for hydroxylation is 2. The number of nitrogens with one attached hydrogen (secondary N) is 1. The maximum Gasteiger partial charge on any atom is 0.173 e. The van der Waals surface area contributed by atoms with Crippen LogP contribution < -0.4 is 5.32 Å². The van der Waals surface area contributed by atoms with Gasteiger partial charge >= 0.3 is 0 Å². The summed E-state index contributed by atoms with van der Waals surface area (Å²) in [5.41, 5.74) is 2.74. The Balaban J connectivity index is 1.21.